The van der Waals surface area contributed by atoms with E-state index in [4.69, 9.17) is 4.42 Å². The van der Waals surface area contributed by atoms with Gasteiger partial charge in [0.2, 0.25) is 0 Å². The number of hydrazone groups is 1. The van der Waals surface area contributed by atoms with Crippen LogP contribution in [0.25, 0.3) is 0 Å². The van der Waals surface area contributed by atoms with Crippen LogP contribution in [0.4, 0.5) is 4.79 Å². The van der Waals surface area contributed by atoms with Gasteiger partial charge in [-0.25, -0.2) is 9.80 Å². The zero-order valence-corrected chi connectivity index (χ0v) is 18.8. The second-order valence-corrected chi connectivity index (χ2v) is 9.20. The van der Waals surface area contributed by atoms with Gasteiger partial charge in [-0.3, -0.25) is 14.5 Å². The Morgan fingerprint density at radius 2 is 1.85 bits per heavy atom. The number of benzene rings is 1. The molecule has 1 aromatic heterocycles. The molecule has 1 spiro atoms. The average Bonchev–Trinajstić information content (AvgIpc) is 3.48. The maximum Gasteiger partial charge on any atom is 0.325 e. The second-order valence-electron chi connectivity index (χ2n) is 9.20. The predicted molar refractivity (Wildman–Crippen MR) is 121 cm³/mol. The van der Waals surface area contributed by atoms with Crippen LogP contribution >= 0.6 is 0 Å². The summed E-state index contributed by atoms with van der Waals surface area (Å²) in [4.78, 5) is 40.4. The number of amides is 4. The van der Waals surface area contributed by atoms with Gasteiger partial charge in [0.25, 0.3) is 11.8 Å². The van der Waals surface area contributed by atoms with E-state index in [2.05, 4.69) is 10.4 Å². The second kappa shape index (κ2) is 8.50. The minimum absolute atomic E-state index is 0.292. The first kappa shape index (κ1) is 21.4. The molecule has 8 heteroatoms. The first-order valence-corrected chi connectivity index (χ1v) is 11.6. The van der Waals surface area contributed by atoms with E-state index in [-0.39, 0.29) is 12.5 Å². The fraction of sp³-hybridized carbons (Fsp3) is 0.440. The van der Waals surface area contributed by atoms with Crippen molar-refractivity contribution in [2.45, 2.75) is 63.5 Å². The molecule has 172 valence electrons. The van der Waals surface area contributed by atoms with Crippen LogP contribution in [0.5, 0.6) is 0 Å². The first-order valence-electron chi connectivity index (χ1n) is 11.6. The summed E-state index contributed by atoms with van der Waals surface area (Å²) in [5.41, 5.74) is 1.97. The lowest BCUT2D eigenvalue weighted by Crippen LogP contribution is -2.47. The van der Waals surface area contributed by atoms with Crippen LogP contribution in [0.1, 0.15) is 67.9 Å². The van der Waals surface area contributed by atoms with E-state index in [0.29, 0.717) is 25.0 Å². The summed E-state index contributed by atoms with van der Waals surface area (Å²) >= 11 is 0. The molecule has 1 aliphatic carbocycles. The van der Waals surface area contributed by atoms with Crippen LogP contribution in [0.15, 0.2) is 52.2 Å². The summed E-state index contributed by atoms with van der Waals surface area (Å²) in [5.74, 6) is -0.0847. The van der Waals surface area contributed by atoms with Crippen LogP contribution in [0, 0.1) is 6.92 Å². The van der Waals surface area contributed by atoms with Crippen LogP contribution in [-0.4, -0.2) is 45.5 Å². The molecule has 5 rings (SSSR count). The number of hydrogen-bond acceptors (Lipinski definition) is 5. The lowest BCUT2D eigenvalue weighted by atomic mass is 9.90. The third kappa shape index (κ3) is 3.94. The molecule has 0 radical (unpaired) electrons. The minimum Gasteiger partial charge on any atom is -0.467 e. The van der Waals surface area contributed by atoms with Gasteiger partial charge >= 0.3 is 6.03 Å². The number of imide groups is 1. The third-order valence-corrected chi connectivity index (χ3v) is 6.92. The zero-order chi connectivity index (χ0) is 23.0. The molecule has 0 bridgehead atoms. The summed E-state index contributed by atoms with van der Waals surface area (Å²) in [6, 6.07) is 10.6. The molecule has 3 aliphatic rings. The normalized spacial score (nSPS) is 22.5. The maximum absolute atomic E-state index is 13.4. The highest BCUT2D eigenvalue weighted by Gasteiger charge is 2.51. The van der Waals surface area contributed by atoms with Crippen molar-refractivity contribution in [1.29, 1.82) is 0 Å². The monoisotopic (exact) mass is 448 g/mol. The van der Waals surface area contributed by atoms with Gasteiger partial charge in [-0.15, -0.1) is 0 Å². The maximum atomic E-state index is 13.4. The SMILES string of the molecule is Cc1ccc(C2=NN(C(=O)CN3C(=O)NC4(CCCCCC4)C3=O)[C@H](c3ccco3)C2)cc1. The molecular weight excluding hydrogens is 420 g/mol. The Hall–Kier alpha value is -3.42. The Bertz CT molecular complexity index is 1080. The van der Waals surface area contributed by atoms with Crippen molar-refractivity contribution in [3.8, 4) is 0 Å². The molecule has 2 aliphatic heterocycles. The molecule has 8 nitrogen and oxygen atoms in total. The quantitative estimate of drug-likeness (QED) is 0.718. The van der Waals surface area contributed by atoms with Crippen molar-refractivity contribution >= 4 is 23.6 Å². The van der Waals surface area contributed by atoms with Crippen molar-refractivity contribution in [2.75, 3.05) is 6.54 Å². The van der Waals surface area contributed by atoms with Gasteiger partial charge < -0.3 is 9.73 Å². The summed E-state index contributed by atoms with van der Waals surface area (Å²) in [6.07, 6.45) is 7.20. The Morgan fingerprint density at radius 3 is 2.52 bits per heavy atom. The Kier molecular flexibility index (Phi) is 5.52. The summed E-state index contributed by atoms with van der Waals surface area (Å²) in [6.45, 7) is 1.68. The van der Waals surface area contributed by atoms with E-state index in [1.807, 2.05) is 37.3 Å². The number of carbonyl (C=O) groups is 3. The smallest absolute Gasteiger partial charge is 0.325 e. The molecule has 1 saturated carbocycles. The Morgan fingerprint density at radius 1 is 1.12 bits per heavy atom. The fourth-order valence-corrected chi connectivity index (χ4v) is 5.06. The van der Waals surface area contributed by atoms with Crippen molar-refractivity contribution in [3.05, 3.63) is 59.5 Å². The van der Waals surface area contributed by atoms with E-state index in [0.717, 1.165) is 47.4 Å². The van der Waals surface area contributed by atoms with Gasteiger partial charge in [-0.2, -0.15) is 5.10 Å². The predicted octanol–water partition coefficient (Wildman–Crippen LogP) is 3.91. The molecule has 0 unspecified atom stereocenters. The number of nitrogens with zero attached hydrogens (tertiary/aromatic N) is 3. The number of aryl methyl sites for hydroxylation is 1. The van der Waals surface area contributed by atoms with E-state index < -0.39 is 23.5 Å². The molecule has 1 N–H and O–H groups in total. The largest absolute Gasteiger partial charge is 0.467 e. The molecule has 2 aromatic rings. The minimum atomic E-state index is -0.865. The van der Waals surface area contributed by atoms with Gasteiger partial charge in [-0.1, -0.05) is 55.5 Å². The van der Waals surface area contributed by atoms with E-state index >= 15 is 0 Å². The lowest BCUT2D eigenvalue weighted by molar-refractivity contribution is -0.140. The van der Waals surface area contributed by atoms with Gasteiger partial charge in [0.15, 0.2) is 0 Å². The molecule has 1 aromatic carbocycles. The summed E-state index contributed by atoms with van der Waals surface area (Å²) in [5, 5.41) is 8.87. The van der Waals surface area contributed by atoms with Crippen LogP contribution in [0.3, 0.4) is 0 Å². The molecule has 2 fully saturated rings. The van der Waals surface area contributed by atoms with Crippen molar-refractivity contribution < 1.29 is 18.8 Å². The van der Waals surface area contributed by atoms with Gasteiger partial charge in [-0.05, 0) is 37.5 Å². The van der Waals surface area contributed by atoms with E-state index in [1.165, 1.54) is 5.01 Å². The third-order valence-electron chi connectivity index (χ3n) is 6.92. The van der Waals surface area contributed by atoms with Crippen molar-refractivity contribution in [1.82, 2.24) is 15.2 Å². The number of nitrogens with one attached hydrogen (secondary N) is 1. The van der Waals surface area contributed by atoms with E-state index in [1.54, 1.807) is 12.3 Å². The Balaban J connectivity index is 1.39. The van der Waals surface area contributed by atoms with Gasteiger partial charge in [0.1, 0.15) is 23.9 Å². The number of hydrogen-bond donors (Lipinski definition) is 1. The number of rotatable bonds is 4. The number of carbonyl (C=O) groups excluding carboxylic acids is 3. The van der Waals surface area contributed by atoms with Gasteiger partial charge in [0, 0.05) is 6.42 Å². The van der Waals surface area contributed by atoms with Crippen molar-refractivity contribution in [3.63, 3.8) is 0 Å². The summed E-state index contributed by atoms with van der Waals surface area (Å²) < 4.78 is 5.59. The fourth-order valence-electron chi connectivity index (χ4n) is 5.06. The average molecular weight is 449 g/mol. The number of furan rings is 1. The first-order chi connectivity index (χ1) is 16.0. The van der Waals surface area contributed by atoms with Crippen LogP contribution in [0.2, 0.25) is 0 Å². The van der Waals surface area contributed by atoms with Crippen LogP contribution in [-0.2, 0) is 9.59 Å². The van der Waals surface area contributed by atoms with Crippen molar-refractivity contribution in [2.24, 2.45) is 5.10 Å². The lowest BCUT2D eigenvalue weighted by Gasteiger charge is -2.25. The Labute approximate surface area is 192 Å². The molecule has 1 atom stereocenters. The standard InChI is InChI=1S/C25H28N4O4/c1-17-8-10-18(11-9-17)19-15-20(21-7-6-14-33-21)29(27-19)22(30)16-28-23(31)25(26-24(28)32)12-4-2-3-5-13-25/h6-11,14,20H,2-5,12-13,15-16H2,1H3,(H,26,32)/t20-/m0/s1. The van der Waals surface area contributed by atoms with E-state index in [9.17, 15) is 14.4 Å². The molecule has 3 heterocycles. The highest BCUT2D eigenvalue weighted by atomic mass is 16.3. The van der Waals surface area contributed by atoms with Crippen LogP contribution < -0.4 is 5.32 Å². The molecule has 4 amide bonds. The zero-order valence-electron chi connectivity index (χ0n) is 18.8. The molecule has 1 saturated heterocycles. The van der Waals surface area contributed by atoms with Gasteiger partial charge in [0.05, 0.1) is 12.0 Å². The highest BCUT2D eigenvalue weighted by molar-refractivity contribution is 6.09. The molecule has 33 heavy (non-hydrogen) atoms. The highest BCUT2D eigenvalue weighted by Crippen LogP contribution is 2.35. The summed E-state index contributed by atoms with van der Waals surface area (Å²) in [7, 11) is 0. The molecular formula is C25H28N4O4. The topological polar surface area (TPSA) is 95.2 Å². The number of urea groups is 1.